The van der Waals surface area contributed by atoms with E-state index in [1.54, 1.807) is 12.1 Å². The quantitative estimate of drug-likeness (QED) is 0.377. The number of carbonyl (C=O) groups is 1. The lowest BCUT2D eigenvalue weighted by Crippen LogP contribution is -2.41. The number of nitrogens with zero attached hydrogens (tertiary/aromatic N) is 1. The Morgan fingerprint density at radius 3 is 2.09 bits per heavy atom. The van der Waals surface area contributed by atoms with Crippen molar-refractivity contribution in [2.45, 2.75) is 25.2 Å². The van der Waals surface area contributed by atoms with Gasteiger partial charge in [-0.2, -0.15) is 0 Å². The summed E-state index contributed by atoms with van der Waals surface area (Å²) in [5.41, 5.74) is 1.36. The first kappa shape index (κ1) is 26.0. The zero-order chi connectivity index (χ0) is 25.3. The van der Waals surface area contributed by atoms with Gasteiger partial charge in [0.25, 0.3) is 10.0 Å². The molecule has 186 valence electrons. The van der Waals surface area contributed by atoms with Gasteiger partial charge in [-0.15, -0.1) is 0 Å². The maximum Gasteiger partial charge on any atom is 0.264 e. The zero-order valence-corrected chi connectivity index (χ0v) is 20.6. The lowest BCUT2D eigenvalue weighted by molar-refractivity contribution is -0.119. The molecule has 0 fully saturated rings. The number of benzene rings is 3. The molecular weight excluding hydrogens is 471 g/mol. The van der Waals surface area contributed by atoms with Crippen LogP contribution in [-0.4, -0.2) is 40.6 Å². The van der Waals surface area contributed by atoms with Crippen molar-refractivity contribution in [2.24, 2.45) is 0 Å². The van der Waals surface area contributed by atoms with Crippen LogP contribution >= 0.6 is 0 Å². The Kier molecular flexibility index (Phi) is 9.08. The molecule has 9 heteroatoms. The molecule has 0 bridgehead atoms. The Balaban J connectivity index is 1.68. The van der Waals surface area contributed by atoms with Crippen LogP contribution in [0.4, 0.5) is 10.1 Å². The molecule has 1 amide bonds. The summed E-state index contributed by atoms with van der Waals surface area (Å²) in [6.45, 7) is 4.27. The number of nitrogens with one attached hydrogen (secondary N) is 1. The average Bonchev–Trinajstić information content (AvgIpc) is 2.86. The van der Waals surface area contributed by atoms with Crippen molar-refractivity contribution in [3.63, 3.8) is 0 Å². The Morgan fingerprint density at radius 1 is 0.886 bits per heavy atom. The number of hydrogen-bond donors (Lipinski definition) is 1. The molecule has 0 saturated carbocycles. The number of amides is 1. The summed E-state index contributed by atoms with van der Waals surface area (Å²) in [4.78, 5) is 12.6. The summed E-state index contributed by atoms with van der Waals surface area (Å²) in [6.07, 6.45) is 0.931. The van der Waals surface area contributed by atoms with Crippen LogP contribution in [0.3, 0.4) is 0 Å². The molecule has 1 N–H and O–H groups in total. The Labute approximate surface area is 205 Å². The third-order valence-electron chi connectivity index (χ3n) is 5.15. The largest absolute Gasteiger partial charge is 0.494 e. The van der Waals surface area contributed by atoms with Gasteiger partial charge in [-0.05, 0) is 79.6 Å². The van der Waals surface area contributed by atoms with Gasteiger partial charge in [0.15, 0.2) is 0 Å². The number of halogens is 1. The number of aryl methyl sites for hydroxylation is 1. The van der Waals surface area contributed by atoms with Crippen LogP contribution in [-0.2, 0) is 21.2 Å². The zero-order valence-electron chi connectivity index (χ0n) is 19.7. The maximum atomic E-state index is 13.5. The van der Waals surface area contributed by atoms with E-state index in [-0.39, 0.29) is 23.7 Å². The van der Waals surface area contributed by atoms with Gasteiger partial charge in [0.05, 0.1) is 23.7 Å². The molecule has 0 radical (unpaired) electrons. The molecule has 0 unspecified atom stereocenters. The highest BCUT2D eigenvalue weighted by Gasteiger charge is 2.27. The third-order valence-corrected chi connectivity index (χ3v) is 6.94. The van der Waals surface area contributed by atoms with Crippen LogP contribution in [0.2, 0.25) is 0 Å². The van der Waals surface area contributed by atoms with Gasteiger partial charge in [-0.3, -0.25) is 9.10 Å². The minimum absolute atomic E-state index is 0.0167. The first-order valence-electron chi connectivity index (χ1n) is 11.3. The number of carbonyl (C=O) groups excluding carboxylic acids is 1. The molecule has 3 aromatic rings. The van der Waals surface area contributed by atoms with E-state index in [9.17, 15) is 17.6 Å². The Hall–Kier alpha value is -3.59. The Morgan fingerprint density at radius 2 is 1.49 bits per heavy atom. The van der Waals surface area contributed by atoms with Gasteiger partial charge in [0, 0.05) is 0 Å². The van der Waals surface area contributed by atoms with Crippen molar-refractivity contribution in [1.29, 1.82) is 0 Å². The smallest absolute Gasteiger partial charge is 0.264 e. The second-order valence-corrected chi connectivity index (χ2v) is 9.45. The van der Waals surface area contributed by atoms with Gasteiger partial charge < -0.3 is 14.8 Å². The predicted octanol–water partition coefficient (Wildman–Crippen LogP) is 4.18. The lowest BCUT2D eigenvalue weighted by Gasteiger charge is -2.24. The summed E-state index contributed by atoms with van der Waals surface area (Å²) >= 11 is 0. The fourth-order valence-corrected chi connectivity index (χ4v) is 4.71. The van der Waals surface area contributed by atoms with Gasteiger partial charge >= 0.3 is 0 Å². The van der Waals surface area contributed by atoms with Crippen LogP contribution < -0.4 is 19.1 Å². The highest BCUT2D eigenvalue weighted by molar-refractivity contribution is 7.92. The van der Waals surface area contributed by atoms with Gasteiger partial charge in [-0.25, -0.2) is 12.8 Å². The summed E-state index contributed by atoms with van der Waals surface area (Å²) in [5, 5.41) is 2.67. The van der Waals surface area contributed by atoms with Crippen molar-refractivity contribution >= 4 is 21.6 Å². The first-order chi connectivity index (χ1) is 16.8. The van der Waals surface area contributed by atoms with E-state index in [4.69, 9.17) is 9.47 Å². The minimum Gasteiger partial charge on any atom is -0.494 e. The van der Waals surface area contributed by atoms with Crippen LogP contribution in [0.1, 0.15) is 19.4 Å². The number of hydrogen-bond acceptors (Lipinski definition) is 5. The maximum absolute atomic E-state index is 13.5. The third kappa shape index (κ3) is 7.19. The van der Waals surface area contributed by atoms with E-state index in [2.05, 4.69) is 12.2 Å². The number of sulfonamides is 1. The monoisotopic (exact) mass is 500 g/mol. The van der Waals surface area contributed by atoms with Crippen molar-refractivity contribution in [1.82, 2.24) is 5.32 Å². The van der Waals surface area contributed by atoms with Crippen LogP contribution in [0, 0.1) is 5.82 Å². The molecule has 0 aromatic heterocycles. The van der Waals surface area contributed by atoms with Gasteiger partial charge in [0.2, 0.25) is 5.91 Å². The Bertz CT molecular complexity index is 1200. The first-order valence-corrected chi connectivity index (χ1v) is 12.8. The van der Waals surface area contributed by atoms with E-state index in [0.717, 1.165) is 22.9 Å². The van der Waals surface area contributed by atoms with E-state index >= 15 is 0 Å². The van der Waals surface area contributed by atoms with E-state index < -0.39 is 28.3 Å². The second kappa shape index (κ2) is 12.2. The molecule has 3 rings (SSSR count). The van der Waals surface area contributed by atoms with E-state index in [1.807, 2.05) is 31.2 Å². The van der Waals surface area contributed by atoms with Crippen LogP contribution in [0.25, 0.3) is 0 Å². The molecule has 0 spiro atoms. The minimum atomic E-state index is -4.11. The molecule has 0 aliphatic heterocycles. The molecule has 0 aliphatic rings. The highest BCUT2D eigenvalue weighted by Crippen LogP contribution is 2.25. The molecule has 7 nitrogen and oxygen atoms in total. The number of ether oxygens (including phenoxy) is 2. The second-order valence-electron chi connectivity index (χ2n) is 7.59. The lowest BCUT2D eigenvalue weighted by atomic mass is 10.2. The van der Waals surface area contributed by atoms with Gasteiger partial charge in [-0.1, -0.05) is 19.1 Å². The molecule has 0 aliphatic carbocycles. The average molecular weight is 501 g/mol. The molecule has 0 atom stereocenters. The SMILES string of the molecule is CCOc1ccc(S(=O)(=O)N(CC(=O)NCCOc2ccc(CC)cc2)c2ccc(F)cc2)cc1. The van der Waals surface area contributed by atoms with Crippen molar-refractivity contribution in [3.05, 3.63) is 84.2 Å². The van der Waals surface area contributed by atoms with Crippen molar-refractivity contribution in [3.8, 4) is 11.5 Å². The van der Waals surface area contributed by atoms with Crippen LogP contribution in [0.15, 0.2) is 77.7 Å². The van der Waals surface area contributed by atoms with Crippen molar-refractivity contribution in [2.75, 3.05) is 30.6 Å². The summed E-state index contributed by atoms with van der Waals surface area (Å²) in [5.74, 6) is 0.179. The fourth-order valence-electron chi connectivity index (χ4n) is 3.29. The van der Waals surface area contributed by atoms with E-state index in [0.29, 0.717) is 18.1 Å². The summed E-state index contributed by atoms with van der Waals surface area (Å²) in [7, 11) is -4.11. The van der Waals surface area contributed by atoms with E-state index in [1.165, 1.54) is 29.8 Å². The summed E-state index contributed by atoms with van der Waals surface area (Å²) in [6, 6.07) is 18.5. The predicted molar refractivity (Wildman–Crippen MR) is 133 cm³/mol. The topological polar surface area (TPSA) is 84.9 Å². The molecule has 0 saturated heterocycles. The number of anilines is 1. The molecule has 0 heterocycles. The fraction of sp³-hybridized carbons (Fsp3) is 0.269. The van der Waals surface area contributed by atoms with Crippen molar-refractivity contribution < 1.29 is 27.1 Å². The normalized spacial score (nSPS) is 11.1. The number of rotatable bonds is 12. The highest BCUT2D eigenvalue weighted by atomic mass is 32.2. The molecular formula is C26H29FN2O5S. The van der Waals surface area contributed by atoms with Crippen LogP contribution in [0.5, 0.6) is 11.5 Å². The molecule has 3 aromatic carbocycles. The standard InChI is InChI=1S/C26H29FN2O5S/c1-3-20-5-11-24(12-6-20)34-18-17-28-26(30)19-29(22-9-7-21(27)8-10-22)35(31,32)25-15-13-23(14-16-25)33-4-2/h5-16H,3-4,17-19H2,1-2H3,(H,28,30). The molecule has 35 heavy (non-hydrogen) atoms. The summed E-state index contributed by atoms with van der Waals surface area (Å²) < 4.78 is 52.2. The van der Waals surface area contributed by atoms with Gasteiger partial charge in [0.1, 0.15) is 30.5 Å².